The largest absolute Gasteiger partial charge is 0.322 e. The number of carbonyl (C=O) groups excluding carboxylic acids is 1. The second-order valence-electron chi connectivity index (χ2n) is 5.95. The van der Waals surface area contributed by atoms with Crippen molar-refractivity contribution in [2.45, 2.75) is 4.90 Å². The second-order valence-corrected chi connectivity index (χ2v) is 8.22. The highest BCUT2D eigenvalue weighted by molar-refractivity contribution is 7.92. The number of hydrogen-bond donors (Lipinski definition) is 1. The highest BCUT2D eigenvalue weighted by atomic mass is 35.5. The van der Waals surface area contributed by atoms with Gasteiger partial charge in [-0.1, -0.05) is 41.9 Å². The van der Waals surface area contributed by atoms with E-state index in [1.807, 2.05) is 0 Å². The van der Waals surface area contributed by atoms with E-state index in [1.165, 1.54) is 24.3 Å². The van der Waals surface area contributed by atoms with E-state index in [9.17, 15) is 22.0 Å². The van der Waals surface area contributed by atoms with Gasteiger partial charge in [0.05, 0.1) is 21.3 Å². The maximum atomic E-state index is 13.8. The van der Waals surface area contributed by atoms with E-state index in [0.717, 1.165) is 16.4 Å². The molecule has 3 rings (SSSR count). The van der Waals surface area contributed by atoms with E-state index in [4.69, 9.17) is 11.6 Å². The van der Waals surface area contributed by atoms with Crippen LogP contribution in [-0.4, -0.2) is 20.9 Å². The molecular formula is C20H15ClF2N2O3S. The molecule has 0 aliphatic heterocycles. The summed E-state index contributed by atoms with van der Waals surface area (Å²) in [6.45, 7) is -0.669. The van der Waals surface area contributed by atoms with Crippen molar-refractivity contribution in [1.82, 2.24) is 0 Å². The lowest BCUT2D eigenvalue weighted by Gasteiger charge is -2.25. The average molecular weight is 437 g/mol. The van der Waals surface area contributed by atoms with Gasteiger partial charge in [-0.05, 0) is 36.4 Å². The highest BCUT2D eigenvalue weighted by Crippen LogP contribution is 2.30. The van der Waals surface area contributed by atoms with Crippen molar-refractivity contribution in [3.05, 3.63) is 89.5 Å². The van der Waals surface area contributed by atoms with Gasteiger partial charge in [-0.25, -0.2) is 17.2 Å². The molecule has 0 heterocycles. The fourth-order valence-corrected chi connectivity index (χ4v) is 4.33. The number of nitrogens with zero attached hydrogens (tertiary/aromatic N) is 1. The van der Waals surface area contributed by atoms with Crippen molar-refractivity contribution in [2.24, 2.45) is 0 Å². The highest BCUT2D eigenvalue weighted by Gasteiger charge is 2.28. The molecule has 0 radical (unpaired) electrons. The molecule has 0 aliphatic carbocycles. The molecule has 0 aromatic heterocycles. The van der Waals surface area contributed by atoms with Gasteiger partial charge in [0.2, 0.25) is 5.91 Å². The number of nitrogens with one attached hydrogen (secondary N) is 1. The standard InChI is InChI=1S/C20H15ClF2N2O3S/c21-16-8-4-5-9-19(16)25(29(27,28)15-6-2-1-3-7-15)13-20(26)24-18-11-10-14(22)12-17(18)23/h1-12H,13H2,(H,24,26). The molecule has 0 saturated heterocycles. The average Bonchev–Trinajstić information content (AvgIpc) is 2.69. The van der Waals surface area contributed by atoms with Crippen molar-refractivity contribution in [3.8, 4) is 0 Å². The minimum Gasteiger partial charge on any atom is -0.322 e. The van der Waals surface area contributed by atoms with Crippen LogP contribution in [0.25, 0.3) is 0 Å². The zero-order valence-electron chi connectivity index (χ0n) is 14.8. The minimum atomic E-state index is -4.15. The lowest BCUT2D eigenvalue weighted by Crippen LogP contribution is -2.38. The zero-order valence-corrected chi connectivity index (χ0v) is 16.4. The molecule has 150 valence electrons. The summed E-state index contributed by atoms with van der Waals surface area (Å²) >= 11 is 6.16. The lowest BCUT2D eigenvalue weighted by molar-refractivity contribution is -0.114. The first kappa shape index (κ1) is 20.8. The normalized spacial score (nSPS) is 11.1. The Balaban J connectivity index is 1.96. The first-order chi connectivity index (χ1) is 13.8. The van der Waals surface area contributed by atoms with Gasteiger partial charge in [-0.3, -0.25) is 9.10 Å². The topological polar surface area (TPSA) is 66.5 Å². The number of anilines is 2. The Morgan fingerprint density at radius 2 is 1.62 bits per heavy atom. The van der Waals surface area contributed by atoms with Crippen LogP contribution in [0.2, 0.25) is 5.02 Å². The molecule has 29 heavy (non-hydrogen) atoms. The molecule has 0 unspecified atom stereocenters. The van der Waals surface area contributed by atoms with Gasteiger partial charge in [-0.2, -0.15) is 0 Å². The Morgan fingerprint density at radius 1 is 0.966 bits per heavy atom. The van der Waals surface area contributed by atoms with Gasteiger partial charge in [0, 0.05) is 6.07 Å². The van der Waals surface area contributed by atoms with E-state index in [-0.39, 0.29) is 21.3 Å². The Kier molecular flexibility index (Phi) is 6.14. The summed E-state index contributed by atoms with van der Waals surface area (Å²) in [7, 11) is -4.15. The number of carbonyl (C=O) groups is 1. The molecule has 3 aromatic carbocycles. The molecule has 0 atom stereocenters. The van der Waals surface area contributed by atoms with Crippen molar-refractivity contribution in [1.29, 1.82) is 0 Å². The summed E-state index contributed by atoms with van der Waals surface area (Å²) in [6.07, 6.45) is 0. The van der Waals surface area contributed by atoms with Crippen molar-refractivity contribution < 1.29 is 22.0 Å². The molecule has 0 fully saturated rings. The maximum Gasteiger partial charge on any atom is 0.264 e. The Morgan fingerprint density at radius 3 is 2.28 bits per heavy atom. The number of benzene rings is 3. The van der Waals surface area contributed by atoms with Crippen LogP contribution >= 0.6 is 11.6 Å². The smallest absolute Gasteiger partial charge is 0.264 e. The van der Waals surface area contributed by atoms with Crippen LogP contribution < -0.4 is 9.62 Å². The first-order valence-electron chi connectivity index (χ1n) is 8.36. The van der Waals surface area contributed by atoms with Gasteiger partial charge in [0.1, 0.15) is 18.2 Å². The molecular weight excluding hydrogens is 422 g/mol. The van der Waals surface area contributed by atoms with Crippen LogP contribution in [0.1, 0.15) is 0 Å². The molecule has 3 aromatic rings. The molecule has 0 aliphatic rings. The summed E-state index contributed by atoms with van der Waals surface area (Å²) in [5.41, 5.74) is -0.180. The Hall–Kier alpha value is -2.97. The summed E-state index contributed by atoms with van der Waals surface area (Å²) in [5, 5.41) is 2.37. The number of para-hydroxylation sites is 1. The zero-order chi connectivity index (χ0) is 21.0. The number of hydrogen-bond acceptors (Lipinski definition) is 3. The van der Waals surface area contributed by atoms with E-state index < -0.39 is 34.1 Å². The fraction of sp³-hybridized carbons (Fsp3) is 0.0500. The molecule has 1 N–H and O–H groups in total. The minimum absolute atomic E-state index is 0.0410. The van der Waals surface area contributed by atoms with Crippen molar-refractivity contribution in [3.63, 3.8) is 0 Å². The molecule has 1 amide bonds. The van der Waals surface area contributed by atoms with Crippen molar-refractivity contribution >= 4 is 38.9 Å². The van der Waals surface area contributed by atoms with Gasteiger partial charge in [0.25, 0.3) is 10.0 Å². The summed E-state index contributed by atoms with van der Waals surface area (Å²) in [6, 6.07) is 16.3. The summed E-state index contributed by atoms with van der Waals surface area (Å²) < 4.78 is 54.0. The van der Waals surface area contributed by atoms with Crippen LogP contribution in [0.4, 0.5) is 20.2 Å². The molecule has 5 nitrogen and oxygen atoms in total. The predicted octanol–water partition coefficient (Wildman–Crippen LogP) is 4.45. The van der Waals surface area contributed by atoms with E-state index in [0.29, 0.717) is 6.07 Å². The molecule has 0 bridgehead atoms. The van der Waals surface area contributed by atoms with E-state index in [1.54, 1.807) is 30.3 Å². The SMILES string of the molecule is O=C(CN(c1ccccc1Cl)S(=O)(=O)c1ccccc1)Nc1ccc(F)cc1F. The third-order valence-corrected chi connectivity index (χ3v) is 6.04. The Labute approximate surface area is 171 Å². The molecule has 0 saturated carbocycles. The third kappa shape index (κ3) is 4.72. The maximum absolute atomic E-state index is 13.8. The van der Waals surface area contributed by atoms with Gasteiger partial charge in [-0.15, -0.1) is 0 Å². The Bertz CT molecular complexity index is 1140. The fourth-order valence-electron chi connectivity index (χ4n) is 2.58. The second kappa shape index (κ2) is 8.59. The molecule has 9 heteroatoms. The van der Waals surface area contributed by atoms with Gasteiger partial charge >= 0.3 is 0 Å². The van der Waals surface area contributed by atoms with E-state index >= 15 is 0 Å². The monoisotopic (exact) mass is 436 g/mol. The predicted molar refractivity (Wildman–Crippen MR) is 107 cm³/mol. The van der Waals surface area contributed by atoms with Gasteiger partial charge < -0.3 is 5.32 Å². The number of halogens is 3. The van der Waals surface area contributed by atoms with Crippen LogP contribution in [0, 0.1) is 11.6 Å². The third-order valence-electron chi connectivity index (χ3n) is 3.94. The number of rotatable bonds is 6. The van der Waals surface area contributed by atoms with E-state index in [2.05, 4.69) is 5.32 Å². The number of sulfonamides is 1. The summed E-state index contributed by atoms with van der Waals surface area (Å²) in [4.78, 5) is 12.5. The first-order valence-corrected chi connectivity index (χ1v) is 10.2. The van der Waals surface area contributed by atoms with Gasteiger partial charge in [0.15, 0.2) is 0 Å². The number of amides is 1. The molecule has 0 spiro atoms. The van der Waals surface area contributed by atoms with Crippen LogP contribution in [0.15, 0.2) is 77.7 Å². The van der Waals surface area contributed by atoms with Crippen LogP contribution in [0.5, 0.6) is 0 Å². The van der Waals surface area contributed by atoms with Crippen LogP contribution in [0.3, 0.4) is 0 Å². The van der Waals surface area contributed by atoms with Crippen molar-refractivity contribution in [2.75, 3.05) is 16.2 Å². The summed E-state index contributed by atoms with van der Waals surface area (Å²) in [5.74, 6) is -2.60. The lowest BCUT2D eigenvalue weighted by atomic mass is 10.3. The quantitative estimate of drug-likeness (QED) is 0.620. The van der Waals surface area contributed by atoms with Crippen LogP contribution in [-0.2, 0) is 14.8 Å².